The van der Waals surface area contributed by atoms with Gasteiger partial charge in [0.25, 0.3) is 0 Å². The van der Waals surface area contributed by atoms with Crippen molar-refractivity contribution < 1.29 is 9.59 Å². The molecule has 0 fully saturated rings. The molecular weight excluding hydrogens is 396 g/mol. The van der Waals surface area contributed by atoms with Gasteiger partial charge in [-0.25, -0.2) is 0 Å². The largest absolute Gasteiger partial charge is 0.326 e. The van der Waals surface area contributed by atoms with Gasteiger partial charge in [0.05, 0.1) is 0 Å². The summed E-state index contributed by atoms with van der Waals surface area (Å²) in [6.45, 7) is 11.9. The number of benzene rings is 3. The maximum absolute atomic E-state index is 11.3. The highest BCUT2D eigenvalue weighted by Crippen LogP contribution is 2.36. The van der Waals surface area contributed by atoms with E-state index in [-0.39, 0.29) is 22.6 Å². The van der Waals surface area contributed by atoms with Crippen LogP contribution in [0.4, 0.5) is 11.4 Å². The van der Waals surface area contributed by atoms with Gasteiger partial charge >= 0.3 is 0 Å². The molecular formula is C28H32N2O2. The molecule has 3 aromatic rings. The summed E-state index contributed by atoms with van der Waals surface area (Å²) in [5.41, 5.74) is 6.10. The van der Waals surface area contributed by atoms with Gasteiger partial charge in [-0.1, -0.05) is 76.2 Å². The summed E-state index contributed by atoms with van der Waals surface area (Å²) >= 11 is 0. The van der Waals surface area contributed by atoms with Crippen molar-refractivity contribution in [3.8, 4) is 0 Å². The molecule has 32 heavy (non-hydrogen) atoms. The smallest absolute Gasteiger partial charge is 0.221 e. The van der Waals surface area contributed by atoms with Gasteiger partial charge in [-0.05, 0) is 46.5 Å². The van der Waals surface area contributed by atoms with E-state index in [2.05, 4.69) is 86.9 Å². The standard InChI is InChI=1S/C28H32N2O2/c1-19(31)29-25-15-11-23(12-16-25)27(3,4)21-7-9-22(10-8-21)28(5,6)24-13-17-26(18-14-24)30-20(2)32/h7-18H,1-6H3,(H,29,31)(H,30,32). The maximum Gasteiger partial charge on any atom is 0.221 e. The topological polar surface area (TPSA) is 58.2 Å². The molecule has 2 amide bonds. The van der Waals surface area contributed by atoms with Gasteiger partial charge in [0, 0.05) is 36.1 Å². The zero-order valence-electron chi connectivity index (χ0n) is 19.7. The van der Waals surface area contributed by atoms with Crippen molar-refractivity contribution >= 4 is 23.2 Å². The molecule has 4 nitrogen and oxygen atoms in total. The Kier molecular flexibility index (Phi) is 6.54. The normalized spacial score (nSPS) is 11.7. The first-order valence-electron chi connectivity index (χ1n) is 10.9. The van der Waals surface area contributed by atoms with Gasteiger partial charge in [0.1, 0.15) is 0 Å². The molecule has 2 N–H and O–H groups in total. The van der Waals surface area contributed by atoms with Crippen molar-refractivity contribution in [2.75, 3.05) is 10.6 Å². The Morgan fingerprint density at radius 2 is 0.719 bits per heavy atom. The molecule has 0 aromatic heterocycles. The van der Waals surface area contributed by atoms with Gasteiger partial charge in [0.2, 0.25) is 11.8 Å². The third kappa shape index (κ3) is 5.08. The molecule has 0 atom stereocenters. The van der Waals surface area contributed by atoms with E-state index < -0.39 is 0 Å². The molecule has 4 heteroatoms. The van der Waals surface area contributed by atoms with E-state index in [0.717, 1.165) is 11.4 Å². The second-order valence-corrected chi connectivity index (χ2v) is 9.34. The van der Waals surface area contributed by atoms with E-state index in [1.807, 2.05) is 24.3 Å². The summed E-state index contributed by atoms with van der Waals surface area (Å²) in [5, 5.41) is 5.63. The third-order valence-electron chi connectivity index (χ3n) is 6.18. The molecule has 0 aliphatic heterocycles. The maximum atomic E-state index is 11.3. The molecule has 0 aliphatic rings. The Labute approximate surface area is 191 Å². The lowest BCUT2D eigenvalue weighted by Crippen LogP contribution is -2.21. The zero-order chi connectivity index (χ0) is 23.5. The Morgan fingerprint density at radius 3 is 0.938 bits per heavy atom. The monoisotopic (exact) mass is 428 g/mol. The lowest BCUT2D eigenvalue weighted by Gasteiger charge is -2.29. The van der Waals surface area contributed by atoms with E-state index in [1.54, 1.807) is 0 Å². The number of hydrogen-bond donors (Lipinski definition) is 2. The highest BCUT2D eigenvalue weighted by atomic mass is 16.2. The first-order chi connectivity index (χ1) is 15.0. The van der Waals surface area contributed by atoms with Crippen molar-refractivity contribution in [3.63, 3.8) is 0 Å². The summed E-state index contributed by atoms with van der Waals surface area (Å²) in [5.74, 6) is -0.139. The van der Waals surface area contributed by atoms with Crippen LogP contribution in [0.25, 0.3) is 0 Å². The van der Waals surface area contributed by atoms with Crippen molar-refractivity contribution in [3.05, 3.63) is 95.1 Å². The summed E-state index contributed by atoms with van der Waals surface area (Å²) < 4.78 is 0. The Morgan fingerprint density at radius 1 is 0.500 bits per heavy atom. The Hall–Kier alpha value is -3.40. The van der Waals surface area contributed by atoms with Crippen LogP contribution < -0.4 is 10.6 Å². The zero-order valence-corrected chi connectivity index (χ0v) is 19.7. The molecule has 166 valence electrons. The summed E-state index contributed by atoms with van der Waals surface area (Å²) in [6, 6.07) is 24.9. The summed E-state index contributed by atoms with van der Waals surface area (Å²) in [6.07, 6.45) is 0. The molecule has 3 rings (SSSR count). The number of amides is 2. The first-order valence-corrected chi connectivity index (χ1v) is 10.9. The molecule has 0 radical (unpaired) electrons. The van der Waals surface area contributed by atoms with E-state index in [1.165, 1.54) is 36.1 Å². The summed E-state index contributed by atoms with van der Waals surface area (Å²) in [4.78, 5) is 22.5. The van der Waals surface area contributed by atoms with Crippen LogP contribution in [-0.2, 0) is 20.4 Å². The fourth-order valence-electron chi connectivity index (χ4n) is 3.98. The number of carbonyl (C=O) groups excluding carboxylic acids is 2. The molecule has 0 unspecified atom stereocenters. The van der Waals surface area contributed by atoms with Crippen LogP contribution in [0.2, 0.25) is 0 Å². The van der Waals surface area contributed by atoms with Crippen LogP contribution >= 0.6 is 0 Å². The van der Waals surface area contributed by atoms with E-state index in [4.69, 9.17) is 0 Å². The SMILES string of the molecule is CC(=O)Nc1ccc(C(C)(C)c2ccc(C(C)(C)c3ccc(NC(C)=O)cc3)cc2)cc1. The average Bonchev–Trinajstić information content (AvgIpc) is 2.74. The van der Waals surface area contributed by atoms with Crippen LogP contribution in [0.3, 0.4) is 0 Å². The molecule has 0 aliphatic carbocycles. The predicted molar refractivity (Wildman–Crippen MR) is 132 cm³/mol. The minimum atomic E-state index is -0.169. The second kappa shape index (κ2) is 8.99. The molecule has 0 saturated heterocycles. The van der Waals surface area contributed by atoms with E-state index in [0.29, 0.717) is 0 Å². The van der Waals surface area contributed by atoms with E-state index in [9.17, 15) is 9.59 Å². The fraction of sp³-hybridized carbons (Fsp3) is 0.286. The molecule has 0 bridgehead atoms. The van der Waals surface area contributed by atoms with Crippen molar-refractivity contribution in [2.45, 2.75) is 52.4 Å². The van der Waals surface area contributed by atoms with E-state index >= 15 is 0 Å². The van der Waals surface area contributed by atoms with Crippen molar-refractivity contribution in [1.82, 2.24) is 0 Å². The number of hydrogen-bond acceptors (Lipinski definition) is 2. The van der Waals surface area contributed by atoms with Crippen molar-refractivity contribution in [2.24, 2.45) is 0 Å². The van der Waals surface area contributed by atoms with Gasteiger partial charge in [-0.3, -0.25) is 9.59 Å². The van der Waals surface area contributed by atoms with Crippen LogP contribution in [-0.4, -0.2) is 11.8 Å². The molecule has 0 saturated carbocycles. The highest BCUT2D eigenvalue weighted by molar-refractivity contribution is 5.89. The quantitative estimate of drug-likeness (QED) is 0.487. The lowest BCUT2D eigenvalue weighted by molar-refractivity contribution is -0.115. The predicted octanol–water partition coefficient (Wildman–Crippen LogP) is 6.26. The number of nitrogens with one attached hydrogen (secondary N) is 2. The Balaban J connectivity index is 1.82. The number of carbonyl (C=O) groups is 2. The number of rotatable bonds is 6. The molecule has 0 spiro atoms. The van der Waals surface area contributed by atoms with Crippen LogP contribution in [0, 0.1) is 0 Å². The fourth-order valence-corrected chi connectivity index (χ4v) is 3.98. The van der Waals surface area contributed by atoms with Gasteiger partial charge in [-0.15, -0.1) is 0 Å². The second-order valence-electron chi connectivity index (χ2n) is 9.34. The lowest BCUT2D eigenvalue weighted by atomic mass is 9.74. The van der Waals surface area contributed by atoms with Gasteiger partial charge < -0.3 is 10.6 Å². The summed E-state index contributed by atoms with van der Waals surface area (Å²) in [7, 11) is 0. The molecule has 0 heterocycles. The van der Waals surface area contributed by atoms with Crippen molar-refractivity contribution in [1.29, 1.82) is 0 Å². The molecule has 3 aromatic carbocycles. The first kappa shape index (κ1) is 23.3. The third-order valence-corrected chi connectivity index (χ3v) is 6.18. The Bertz CT molecular complexity index is 1000. The van der Waals surface area contributed by atoms with Gasteiger partial charge in [-0.2, -0.15) is 0 Å². The average molecular weight is 429 g/mol. The van der Waals surface area contributed by atoms with Crippen LogP contribution in [0.5, 0.6) is 0 Å². The van der Waals surface area contributed by atoms with Crippen LogP contribution in [0.1, 0.15) is 63.8 Å². The minimum Gasteiger partial charge on any atom is -0.326 e. The number of anilines is 2. The van der Waals surface area contributed by atoms with Crippen LogP contribution in [0.15, 0.2) is 72.8 Å². The highest BCUT2D eigenvalue weighted by Gasteiger charge is 2.26. The minimum absolute atomic E-state index is 0.0695. The van der Waals surface area contributed by atoms with Gasteiger partial charge in [0.15, 0.2) is 0 Å².